The predicted octanol–water partition coefficient (Wildman–Crippen LogP) is 7.95. The molecular weight excluding hydrogens is 569 g/mol. The molecule has 1 N–H and O–H groups in total. The third-order valence-corrected chi connectivity index (χ3v) is 6.35. The molecule has 0 saturated carbocycles. The standard InChI is InChI=1S/C25H16BrCl2N5O3/c1-14-10-19(20(12-29)15-2-6-17(27)7-3-15)21(28)11-22(14)32-24-23(33(34)35)25(31-13-30-24)36-18-8-4-16(26)5-9-18/h2-11,13,20H,1H3,(H,30,31,32). The first kappa shape index (κ1) is 25.4. The van der Waals surface area contributed by atoms with Gasteiger partial charge in [0.2, 0.25) is 5.82 Å². The molecule has 0 fully saturated rings. The van der Waals surface area contributed by atoms with Gasteiger partial charge in [-0.25, -0.2) is 4.98 Å². The first-order valence-electron chi connectivity index (χ1n) is 10.4. The highest BCUT2D eigenvalue weighted by atomic mass is 79.9. The molecule has 0 aliphatic carbocycles. The summed E-state index contributed by atoms with van der Waals surface area (Å²) in [4.78, 5) is 19.3. The number of rotatable bonds is 7. The van der Waals surface area contributed by atoms with E-state index in [-0.39, 0.29) is 11.7 Å². The molecule has 0 bridgehead atoms. The molecule has 180 valence electrons. The molecule has 4 rings (SSSR count). The van der Waals surface area contributed by atoms with Crippen molar-refractivity contribution in [3.05, 3.63) is 108 Å². The molecule has 36 heavy (non-hydrogen) atoms. The Hall–Kier alpha value is -3.71. The lowest BCUT2D eigenvalue weighted by atomic mass is 9.91. The third kappa shape index (κ3) is 5.57. The molecule has 3 aromatic carbocycles. The van der Waals surface area contributed by atoms with Crippen molar-refractivity contribution in [1.29, 1.82) is 5.26 Å². The lowest BCUT2D eigenvalue weighted by Gasteiger charge is -2.16. The zero-order valence-corrected chi connectivity index (χ0v) is 21.7. The van der Waals surface area contributed by atoms with Crippen molar-refractivity contribution in [3.63, 3.8) is 0 Å². The van der Waals surface area contributed by atoms with Crippen LogP contribution in [0, 0.1) is 28.4 Å². The molecule has 0 spiro atoms. The molecule has 11 heteroatoms. The Kier molecular flexibility index (Phi) is 7.70. The summed E-state index contributed by atoms with van der Waals surface area (Å²) in [6, 6.07) is 19.4. The van der Waals surface area contributed by atoms with Gasteiger partial charge < -0.3 is 10.1 Å². The predicted molar refractivity (Wildman–Crippen MR) is 141 cm³/mol. The highest BCUT2D eigenvalue weighted by Gasteiger charge is 2.26. The van der Waals surface area contributed by atoms with Gasteiger partial charge in [0.05, 0.1) is 16.9 Å². The van der Waals surface area contributed by atoms with Gasteiger partial charge >= 0.3 is 11.6 Å². The van der Waals surface area contributed by atoms with Crippen molar-refractivity contribution in [2.75, 3.05) is 5.32 Å². The smallest absolute Gasteiger partial charge is 0.373 e. The number of halogens is 3. The number of nitrogens with one attached hydrogen (secondary N) is 1. The summed E-state index contributed by atoms with van der Waals surface area (Å²) in [6.45, 7) is 1.80. The van der Waals surface area contributed by atoms with Gasteiger partial charge in [-0.15, -0.1) is 0 Å². The van der Waals surface area contributed by atoms with E-state index in [4.69, 9.17) is 27.9 Å². The summed E-state index contributed by atoms with van der Waals surface area (Å²) >= 11 is 15.9. The number of aromatic nitrogens is 2. The summed E-state index contributed by atoms with van der Waals surface area (Å²) in [5, 5.41) is 25.6. The molecule has 0 aliphatic rings. The fourth-order valence-electron chi connectivity index (χ4n) is 3.47. The van der Waals surface area contributed by atoms with Gasteiger partial charge in [0.25, 0.3) is 0 Å². The second-order valence-electron chi connectivity index (χ2n) is 7.62. The number of nitro groups is 1. The molecule has 0 radical (unpaired) electrons. The zero-order valence-electron chi connectivity index (χ0n) is 18.6. The van der Waals surface area contributed by atoms with Crippen LogP contribution in [0.1, 0.15) is 22.6 Å². The van der Waals surface area contributed by atoms with Crippen LogP contribution >= 0.6 is 39.1 Å². The number of nitriles is 1. The van der Waals surface area contributed by atoms with Crippen LogP contribution in [0.2, 0.25) is 10.0 Å². The van der Waals surface area contributed by atoms with Crippen LogP contribution in [0.25, 0.3) is 0 Å². The van der Waals surface area contributed by atoms with Gasteiger partial charge in [-0.3, -0.25) is 10.1 Å². The molecule has 0 aliphatic heterocycles. The van der Waals surface area contributed by atoms with Crippen molar-refractivity contribution in [3.8, 4) is 17.7 Å². The number of hydrogen-bond acceptors (Lipinski definition) is 7. The quantitative estimate of drug-likeness (QED) is 0.173. The Balaban J connectivity index is 1.68. The fourth-order valence-corrected chi connectivity index (χ4v) is 4.14. The Morgan fingerprint density at radius 1 is 1.11 bits per heavy atom. The van der Waals surface area contributed by atoms with Gasteiger partial charge in [0, 0.05) is 20.2 Å². The second-order valence-corrected chi connectivity index (χ2v) is 9.38. The average molecular weight is 585 g/mol. The van der Waals surface area contributed by atoms with E-state index < -0.39 is 16.5 Å². The highest BCUT2D eigenvalue weighted by Crippen LogP contribution is 2.39. The number of anilines is 2. The number of hydrogen-bond donors (Lipinski definition) is 1. The molecule has 1 unspecified atom stereocenters. The molecule has 1 heterocycles. The third-order valence-electron chi connectivity index (χ3n) is 5.24. The van der Waals surface area contributed by atoms with E-state index >= 15 is 0 Å². The summed E-state index contributed by atoms with van der Waals surface area (Å²) in [5.41, 5.74) is 2.09. The van der Waals surface area contributed by atoms with Gasteiger partial charge in [-0.05, 0) is 66.1 Å². The van der Waals surface area contributed by atoms with Crippen LogP contribution in [0.15, 0.2) is 71.5 Å². The normalized spacial score (nSPS) is 11.4. The van der Waals surface area contributed by atoms with Gasteiger partial charge in [-0.1, -0.05) is 57.3 Å². The van der Waals surface area contributed by atoms with Gasteiger partial charge in [-0.2, -0.15) is 10.2 Å². The van der Waals surface area contributed by atoms with E-state index in [0.717, 1.165) is 10.0 Å². The average Bonchev–Trinajstić information content (AvgIpc) is 2.85. The lowest BCUT2D eigenvalue weighted by molar-refractivity contribution is -0.385. The van der Waals surface area contributed by atoms with Crippen molar-refractivity contribution < 1.29 is 9.66 Å². The molecule has 4 aromatic rings. The van der Waals surface area contributed by atoms with Crippen LogP contribution in [0.4, 0.5) is 17.2 Å². The second kappa shape index (κ2) is 10.9. The Morgan fingerprint density at radius 3 is 2.44 bits per heavy atom. The molecule has 0 saturated heterocycles. The summed E-state index contributed by atoms with van der Waals surface area (Å²) in [7, 11) is 0. The largest absolute Gasteiger partial charge is 0.434 e. The van der Waals surface area contributed by atoms with Crippen LogP contribution in [-0.2, 0) is 0 Å². The van der Waals surface area contributed by atoms with Crippen LogP contribution in [-0.4, -0.2) is 14.9 Å². The van der Waals surface area contributed by atoms with Crippen molar-refractivity contribution in [1.82, 2.24) is 9.97 Å². The van der Waals surface area contributed by atoms with E-state index in [1.165, 1.54) is 6.33 Å². The molecule has 1 atom stereocenters. The number of benzene rings is 3. The molecular formula is C25H16BrCl2N5O3. The first-order chi connectivity index (χ1) is 17.3. The van der Waals surface area contributed by atoms with Gasteiger partial charge in [0.1, 0.15) is 12.1 Å². The van der Waals surface area contributed by atoms with Crippen molar-refractivity contribution in [2.45, 2.75) is 12.8 Å². The number of ether oxygens (including phenoxy) is 1. The minimum absolute atomic E-state index is 0.0661. The molecule has 8 nitrogen and oxygen atoms in total. The van der Waals surface area contributed by atoms with E-state index in [1.807, 2.05) is 0 Å². The highest BCUT2D eigenvalue weighted by molar-refractivity contribution is 9.10. The maximum atomic E-state index is 11.9. The van der Waals surface area contributed by atoms with Crippen molar-refractivity contribution in [2.24, 2.45) is 0 Å². The van der Waals surface area contributed by atoms with E-state index in [0.29, 0.717) is 32.6 Å². The minimum atomic E-state index is -0.623. The van der Waals surface area contributed by atoms with Gasteiger partial charge in [0.15, 0.2) is 0 Å². The zero-order chi connectivity index (χ0) is 25.8. The first-order valence-corrected chi connectivity index (χ1v) is 12.0. The minimum Gasteiger partial charge on any atom is -0.434 e. The van der Waals surface area contributed by atoms with Crippen LogP contribution in [0.3, 0.4) is 0 Å². The Bertz CT molecular complexity index is 1480. The van der Waals surface area contributed by atoms with Crippen LogP contribution < -0.4 is 10.1 Å². The topological polar surface area (TPSA) is 114 Å². The lowest BCUT2D eigenvalue weighted by Crippen LogP contribution is -2.05. The maximum Gasteiger partial charge on any atom is 0.373 e. The maximum absolute atomic E-state index is 11.9. The summed E-state index contributed by atoms with van der Waals surface area (Å²) < 4.78 is 6.49. The number of aryl methyl sites for hydroxylation is 1. The SMILES string of the molecule is Cc1cc(C(C#N)c2ccc(Cl)cc2)c(Cl)cc1Nc1ncnc(Oc2ccc(Br)cc2)c1[N+](=O)[O-]. The van der Waals surface area contributed by atoms with E-state index in [2.05, 4.69) is 37.3 Å². The summed E-state index contributed by atoms with van der Waals surface area (Å²) in [5.74, 6) is -0.530. The Labute approximate surface area is 224 Å². The monoisotopic (exact) mass is 583 g/mol. The van der Waals surface area contributed by atoms with Crippen LogP contribution in [0.5, 0.6) is 11.6 Å². The fraction of sp³-hybridized carbons (Fsp3) is 0.0800. The molecule has 1 aromatic heterocycles. The molecule has 0 amide bonds. The van der Waals surface area contributed by atoms with Crippen molar-refractivity contribution >= 4 is 56.3 Å². The van der Waals surface area contributed by atoms with E-state index in [1.54, 1.807) is 67.6 Å². The summed E-state index contributed by atoms with van der Waals surface area (Å²) in [6.07, 6.45) is 1.17. The Morgan fingerprint density at radius 2 is 1.81 bits per heavy atom. The van der Waals surface area contributed by atoms with E-state index in [9.17, 15) is 15.4 Å². The number of nitrogens with zero attached hydrogens (tertiary/aromatic N) is 4.